The van der Waals surface area contributed by atoms with Crippen molar-refractivity contribution in [3.63, 3.8) is 0 Å². The Morgan fingerprint density at radius 1 is 1.35 bits per heavy atom. The van der Waals surface area contributed by atoms with Crippen LogP contribution in [0, 0.1) is 0 Å². The van der Waals surface area contributed by atoms with Gasteiger partial charge < -0.3 is 24.0 Å². The summed E-state index contributed by atoms with van der Waals surface area (Å²) < 4.78 is 7.72. The Morgan fingerprint density at radius 2 is 2.04 bits per heavy atom. The summed E-state index contributed by atoms with van der Waals surface area (Å²) in [5.74, 6) is 0. The number of hydrogen-bond acceptors (Lipinski definition) is 5. The van der Waals surface area contributed by atoms with E-state index >= 15 is 0 Å². The smallest absolute Gasteiger partial charge is 0.324 e. The topological polar surface area (TPSA) is 87.7 Å². The fraction of sp³-hybridized carbons (Fsp3) is 0.214. The summed E-state index contributed by atoms with van der Waals surface area (Å²) in [6.45, 7) is 4.75. The Morgan fingerprint density at radius 3 is 2.57 bits per heavy atom. The SMILES string of the molecule is C=CCOC(Cn1ccnc1)c1ccc(Cl)cc1Cl.OP(O)O. The van der Waals surface area contributed by atoms with Crippen LogP contribution in [0.1, 0.15) is 11.7 Å². The van der Waals surface area contributed by atoms with Gasteiger partial charge in [0.05, 0.1) is 19.5 Å². The van der Waals surface area contributed by atoms with Crippen LogP contribution >= 0.6 is 31.8 Å². The van der Waals surface area contributed by atoms with Crippen LogP contribution in [0.2, 0.25) is 10.0 Å². The third kappa shape index (κ3) is 7.90. The van der Waals surface area contributed by atoms with Crippen molar-refractivity contribution in [3.05, 3.63) is 65.2 Å². The molecule has 6 nitrogen and oxygen atoms in total. The Bertz CT molecular complexity index is 594. The minimum atomic E-state index is -2.62. The lowest BCUT2D eigenvalue weighted by Gasteiger charge is -2.19. The summed E-state index contributed by atoms with van der Waals surface area (Å²) in [4.78, 5) is 25.7. The average molecular weight is 379 g/mol. The van der Waals surface area contributed by atoms with Gasteiger partial charge in [0.2, 0.25) is 0 Å². The number of hydrogen-bond donors (Lipinski definition) is 3. The maximum absolute atomic E-state index is 7.23. The van der Waals surface area contributed by atoms with Crippen LogP contribution in [0.15, 0.2) is 49.6 Å². The van der Waals surface area contributed by atoms with E-state index in [-0.39, 0.29) is 6.10 Å². The van der Waals surface area contributed by atoms with Gasteiger partial charge in [-0.15, -0.1) is 6.58 Å². The third-order valence-corrected chi connectivity index (χ3v) is 3.22. The number of imidazole rings is 1. The summed E-state index contributed by atoms with van der Waals surface area (Å²) in [5, 5.41) is 1.21. The molecule has 1 atom stereocenters. The lowest BCUT2D eigenvalue weighted by Crippen LogP contribution is -2.12. The van der Waals surface area contributed by atoms with Crippen molar-refractivity contribution in [1.82, 2.24) is 9.55 Å². The third-order valence-electron chi connectivity index (χ3n) is 2.66. The summed E-state index contributed by atoms with van der Waals surface area (Å²) in [6.07, 6.45) is 6.90. The summed E-state index contributed by atoms with van der Waals surface area (Å²) in [7, 11) is -2.62. The monoisotopic (exact) mass is 378 g/mol. The van der Waals surface area contributed by atoms with Crippen molar-refractivity contribution in [2.24, 2.45) is 0 Å². The van der Waals surface area contributed by atoms with E-state index in [4.69, 9.17) is 42.6 Å². The highest BCUT2D eigenvalue weighted by atomic mass is 35.5. The fourth-order valence-electron chi connectivity index (χ4n) is 1.77. The molecule has 0 radical (unpaired) electrons. The van der Waals surface area contributed by atoms with E-state index in [1.54, 1.807) is 30.7 Å². The molecule has 0 aliphatic heterocycles. The highest BCUT2D eigenvalue weighted by Crippen LogP contribution is 2.29. The van der Waals surface area contributed by atoms with E-state index in [2.05, 4.69) is 11.6 Å². The van der Waals surface area contributed by atoms with Crippen molar-refractivity contribution in [2.45, 2.75) is 12.6 Å². The van der Waals surface area contributed by atoms with Gasteiger partial charge in [0, 0.05) is 28.0 Å². The van der Waals surface area contributed by atoms with Crippen molar-refractivity contribution in [3.8, 4) is 0 Å². The molecule has 1 unspecified atom stereocenters. The number of ether oxygens (including phenoxy) is 1. The molecule has 1 aromatic heterocycles. The van der Waals surface area contributed by atoms with E-state index in [0.29, 0.717) is 23.2 Å². The molecule has 2 aromatic rings. The largest absolute Gasteiger partial charge is 0.368 e. The van der Waals surface area contributed by atoms with Gasteiger partial charge in [0.25, 0.3) is 0 Å². The van der Waals surface area contributed by atoms with Crippen LogP contribution in [0.5, 0.6) is 0 Å². The molecule has 0 bridgehead atoms. The van der Waals surface area contributed by atoms with Crippen LogP contribution in [0.3, 0.4) is 0 Å². The van der Waals surface area contributed by atoms with Gasteiger partial charge in [-0.1, -0.05) is 35.3 Å². The molecule has 1 heterocycles. The predicted molar refractivity (Wildman–Crippen MR) is 91.2 cm³/mol. The molecule has 1 aromatic carbocycles. The van der Waals surface area contributed by atoms with Gasteiger partial charge in [-0.3, -0.25) is 0 Å². The van der Waals surface area contributed by atoms with Gasteiger partial charge in [-0.2, -0.15) is 0 Å². The molecular weight excluding hydrogens is 362 g/mol. The Balaban J connectivity index is 0.000000593. The van der Waals surface area contributed by atoms with Gasteiger partial charge in [-0.25, -0.2) is 4.98 Å². The predicted octanol–water partition coefficient (Wildman–Crippen LogP) is 3.32. The zero-order chi connectivity index (χ0) is 17.2. The number of halogens is 2. The van der Waals surface area contributed by atoms with E-state index < -0.39 is 8.60 Å². The van der Waals surface area contributed by atoms with Crippen LogP contribution in [0.25, 0.3) is 0 Å². The second-order valence-corrected chi connectivity index (χ2v) is 5.68. The van der Waals surface area contributed by atoms with Crippen LogP contribution in [-0.4, -0.2) is 30.8 Å². The molecule has 0 saturated heterocycles. The van der Waals surface area contributed by atoms with E-state index in [0.717, 1.165) is 5.56 Å². The Kier molecular flexibility index (Phi) is 9.36. The molecule has 0 spiro atoms. The normalized spacial score (nSPS) is 11.7. The number of rotatable bonds is 6. The maximum atomic E-state index is 7.23. The first-order valence-electron chi connectivity index (χ1n) is 6.44. The first kappa shape index (κ1) is 20.1. The number of benzene rings is 1. The van der Waals surface area contributed by atoms with Crippen molar-refractivity contribution >= 4 is 31.8 Å². The number of aromatic nitrogens is 2. The second kappa shape index (κ2) is 10.7. The average Bonchev–Trinajstić information content (AvgIpc) is 2.96. The molecule has 0 aliphatic carbocycles. The van der Waals surface area contributed by atoms with Gasteiger partial charge >= 0.3 is 8.60 Å². The van der Waals surface area contributed by atoms with Crippen molar-refractivity contribution in [1.29, 1.82) is 0 Å². The molecule has 23 heavy (non-hydrogen) atoms. The fourth-order valence-corrected chi connectivity index (χ4v) is 2.30. The van der Waals surface area contributed by atoms with E-state index in [9.17, 15) is 0 Å². The quantitative estimate of drug-likeness (QED) is 0.530. The van der Waals surface area contributed by atoms with E-state index in [1.807, 2.05) is 16.8 Å². The summed E-state index contributed by atoms with van der Waals surface area (Å²) in [5.41, 5.74) is 0.904. The van der Waals surface area contributed by atoms with Crippen molar-refractivity contribution in [2.75, 3.05) is 6.61 Å². The van der Waals surface area contributed by atoms with Gasteiger partial charge in [0.1, 0.15) is 6.10 Å². The molecule has 0 fully saturated rings. The van der Waals surface area contributed by atoms with Crippen LogP contribution < -0.4 is 0 Å². The second-order valence-electron chi connectivity index (χ2n) is 4.30. The van der Waals surface area contributed by atoms with Crippen LogP contribution in [-0.2, 0) is 11.3 Å². The first-order valence-corrected chi connectivity index (χ1v) is 8.39. The molecular formula is C14H17Cl2N2O4P. The molecule has 3 N–H and O–H groups in total. The molecule has 126 valence electrons. The Hall–Kier alpha value is -0.980. The Labute approximate surface area is 145 Å². The zero-order valence-electron chi connectivity index (χ0n) is 12.1. The van der Waals surface area contributed by atoms with Crippen molar-refractivity contribution < 1.29 is 19.4 Å². The van der Waals surface area contributed by atoms with Gasteiger partial charge in [-0.05, 0) is 12.1 Å². The minimum absolute atomic E-state index is 0.169. The van der Waals surface area contributed by atoms with Crippen LogP contribution in [0.4, 0.5) is 0 Å². The minimum Gasteiger partial charge on any atom is -0.368 e. The first-order chi connectivity index (χ1) is 10.9. The molecule has 0 amide bonds. The summed E-state index contributed by atoms with van der Waals surface area (Å²) >= 11 is 12.1. The highest BCUT2D eigenvalue weighted by molar-refractivity contribution is 7.38. The van der Waals surface area contributed by atoms with Gasteiger partial charge in [0.15, 0.2) is 0 Å². The molecule has 2 rings (SSSR count). The molecule has 0 saturated carbocycles. The van der Waals surface area contributed by atoms with E-state index in [1.165, 1.54) is 0 Å². The maximum Gasteiger partial charge on any atom is 0.324 e. The molecule has 0 aliphatic rings. The summed E-state index contributed by atoms with van der Waals surface area (Å²) in [6, 6.07) is 5.41. The number of nitrogens with zero attached hydrogens (tertiary/aromatic N) is 2. The standard InChI is InChI=1S/C14H14Cl2N2O.H3O3P/c1-2-7-19-14(9-18-6-5-17-10-18)12-4-3-11(15)8-13(12)16;1-4(2)3/h2-6,8,10,14H,1,7,9H2;1-3H. The molecule has 9 heteroatoms. The lowest BCUT2D eigenvalue weighted by atomic mass is 10.1. The lowest BCUT2D eigenvalue weighted by molar-refractivity contribution is 0.0608. The highest BCUT2D eigenvalue weighted by Gasteiger charge is 2.16. The zero-order valence-corrected chi connectivity index (χ0v) is 14.5.